The number of nitrogens with one attached hydrogen (secondary N) is 1. The summed E-state index contributed by atoms with van der Waals surface area (Å²) in [7, 11) is 0. The highest BCUT2D eigenvalue weighted by molar-refractivity contribution is 9.10. The minimum atomic E-state index is 0.592. The quantitative estimate of drug-likeness (QED) is 0.818. The number of rotatable bonds is 6. The van der Waals surface area contributed by atoms with Crippen LogP contribution in [0.2, 0.25) is 0 Å². The fourth-order valence-corrected chi connectivity index (χ4v) is 2.04. The second kappa shape index (κ2) is 7.08. The van der Waals surface area contributed by atoms with E-state index < -0.39 is 0 Å². The molecule has 90 valence electrons. The molecule has 0 aromatic heterocycles. The summed E-state index contributed by atoms with van der Waals surface area (Å²) in [5.41, 5.74) is 1.33. The highest BCUT2D eigenvalue weighted by atomic mass is 79.9. The lowest BCUT2D eigenvalue weighted by atomic mass is 10.0. The molecule has 1 atom stereocenters. The second-order valence-electron chi connectivity index (χ2n) is 4.84. The van der Waals surface area contributed by atoms with Crippen molar-refractivity contribution < 1.29 is 0 Å². The van der Waals surface area contributed by atoms with Crippen LogP contribution in [0.1, 0.15) is 39.2 Å². The highest BCUT2D eigenvalue weighted by Crippen LogP contribution is 2.16. The first-order valence-electron chi connectivity index (χ1n) is 6.06. The molecular formula is C14H22BrN. The van der Waals surface area contributed by atoms with Crippen molar-refractivity contribution in [2.75, 3.05) is 0 Å². The van der Waals surface area contributed by atoms with Crippen molar-refractivity contribution in [3.8, 4) is 0 Å². The van der Waals surface area contributed by atoms with Crippen LogP contribution in [0, 0.1) is 5.92 Å². The van der Waals surface area contributed by atoms with E-state index in [1.807, 2.05) is 0 Å². The number of halogens is 1. The average Bonchev–Trinajstić information content (AvgIpc) is 2.25. The van der Waals surface area contributed by atoms with E-state index in [4.69, 9.17) is 0 Å². The summed E-state index contributed by atoms with van der Waals surface area (Å²) in [5, 5.41) is 3.57. The van der Waals surface area contributed by atoms with E-state index in [9.17, 15) is 0 Å². The zero-order chi connectivity index (χ0) is 12.0. The topological polar surface area (TPSA) is 12.0 Å². The van der Waals surface area contributed by atoms with Gasteiger partial charge in [0, 0.05) is 17.1 Å². The van der Waals surface area contributed by atoms with Crippen LogP contribution in [-0.2, 0) is 6.54 Å². The smallest absolute Gasteiger partial charge is 0.0220 e. The first-order valence-corrected chi connectivity index (χ1v) is 6.85. The molecule has 0 saturated heterocycles. The maximum atomic E-state index is 3.57. The summed E-state index contributed by atoms with van der Waals surface area (Å²) in [4.78, 5) is 0. The van der Waals surface area contributed by atoms with Crippen LogP contribution in [0.4, 0.5) is 0 Å². The van der Waals surface area contributed by atoms with Gasteiger partial charge < -0.3 is 5.32 Å². The molecule has 0 radical (unpaired) electrons. The average molecular weight is 284 g/mol. The maximum Gasteiger partial charge on any atom is 0.0220 e. The van der Waals surface area contributed by atoms with Gasteiger partial charge in [0.2, 0.25) is 0 Å². The summed E-state index contributed by atoms with van der Waals surface area (Å²) in [6.07, 6.45) is 2.55. The van der Waals surface area contributed by atoms with E-state index in [1.54, 1.807) is 0 Å². The molecular weight excluding hydrogens is 262 g/mol. The van der Waals surface area contributed by atoms with Gasteiger partial charge in [-0.2, -0.15) is 0 Å². The Kier molecular flexibility index (Phi) is 6.07. The SMILES string of the molecule is CC(C)CCC(C)NCc1ccccc1Br. The van der Waals surface area contributed by atoms with Crippen molar-refractivity contribution >= 4 is 15.9 Å². The fourth-order valence-electron chi connectivity index (χ4n) is 1.61. The summed E-state index contributed by atoms with van der Waals surface area (Å²) in [6, 6.07) is 8.98. The minimum Gasteiger partial charge on any atom is -0.310 e. The van der Waals surface area contributed by atoms with Gasteiger partial charge in [0.05, 0.1) is 0 Å². The van der Waals surface area contributed by atoms with Crippen LogP contribution in [0.5, 0.6) is 0 Å². The molecule has 1 unspecified atom stereocenters. The molecule has 16 heavy (non-hydrogen) atoms. The third-order valence-corrected chi connectivity index (χ3v) is 3.55. The first kappa shape index (κ1) is 13.7. The Labute approximate surface area is 108 Å². The van der Waals surface area contributed by atoms with Gasteiger partial charge in [0.25, 0.3) is 0 Å². The van der Waals surface area contributed by atoms with Crippen LogP contribution in [0.15, 0.2) is 28.7 Å². The lowest BCUT2D eigenvalue weighted by Gasteiger charge is -2.15. The van der Waals surface area contributed by atoms with Gasteiger partial charge in [-0.25, -0.2) is 0 Å². The lowest BCUT2D eigenvalue weighted by molar-refractivity contribution is 0.450. The first-order chi connectivity index (χ1) is 7.59. The van der Waals surface area contributed by atoms with Crippen LogP contribution in [0.25, 0.3) is 0 Å². The molecule has 1 N–H and O–H groups in total. The Morgan fingerprint density at radius 3 is 2.44 bits per heavy atom. The molecule has 0 heterocycles. The van der Waals surface area contributed by atoms with E-state index in [0.717, 1.165) is 12.5 Å². The molecule has 2 heteroatoms. The largest absolute Gasteiger partial charge is 0.310 e. The fraction of sp³-hybridized carbons (Fsp3) is 0.571. The van der Waals surface area contributed by atoms with Gasteiger partial charge in [0.15, 0.2) is 0 Å². The Morgan fingerprint density at radius 2 is 1.81 bits per heavy atom. The number of hydrogen-bond acceptors (Lipinski definition) is 1. The van der Waals surface area contributed by atoms with E-state index >= 15 is 0 Å². The monoisotopic (exact) mass is 283 g/mol. The molecule has 1 nitrogen and oxygen atoms in total. The third kappa shape index (κ3) is 5.13. The van der Waals surface area contributed by atoms with Crippen LogP contribution in [-0.4, -0.2) is 6.04 Å². The van der Waals surface area contributed by atoms with Crippen LogP contribution >= 0.6 is 15.9 Å². The predicted octanol–water partition coefficient (Wildman–Crippen LogP) is 4.36. The molecule has 0 aliphatic rings. The van der Waals surface area contributed by atoms with E-state index in [-0.39, 0.29) is 0 Å². The van der Waals surface area contributed by atoms with Gasteiger partial charge in [-0.3, -0.25) is 0 Å². The zero-order valence-corrected chi connectivity index (χ0v) is 12.0. The van der Waals surface area contributed by atoms with Crippen molar-refractivity contribution in [2.24, 2.45) is 5.92 Å². The molecule has 1 rings (SSSR count). The molecule has 1 aromatic rings. The Hall–Kier alpha value is -0.340. The van der Waals surface area contributed by atoms with Crippen molar-refractivity contribution in [3.63, 3.8) is 0 Å². The standard InChI is InChI=1S/C14H22BrN/c1-11(2)8-9-12(3)16-10-13-6-4-5-7-14(13)15/h4-7,11-12,16H,8-10H2,1-3H3. The van der Waals surface area contributed by atoms with E-state index in [2.05, 4.69) is 66.3 Å². The summed E-state index contributed by atoms with van der Waals surface area (Å²) >= 11 is 3.57. The minimum absolute atomic E-state index is 0.592. The Morgan fingerprint density at radius 1 is 1.12 bits per heavy atom. The Balaban J connectivity index is 2.31. The van der Waals surface area contributed by atoms with Crippen molar-refractivity contribution in [1.29, 1.82) is 0 Å². The van der Waals surface area contributed by atoms with Crippen molar-refractivity contribution in [2.45, 2.75) is 46.2 Å². The highest BCUT2D eigenvalue weighted by Gasteiger charge is 2.04. The maximum absolute atomic E-state index is 3.57. The molecule has 0 bridgehead atoms. The number of hydrogen-bond donors (Lipinski definition) is 1. The van der Waals surface area contributed by atoms with Gasteiger partial charge >= 0.3 is 0 Å². The molecule has 0 saturated carbocycles. The van der Waals surface area contributed by atoms with Gasteiger partial charge in [-0.15, -0.1) is 0 Å². The zero-order valence-electron chi connectivity index (χ0n) is 10.5. The van der Waals surface area contributed by atoms with Gasteiger partial charge in [-0.05, 0) is 37.3 Å². The van der Waals surface area contributed by atoms with E-state index in [1.165, 1.54) is 22.9 Å². The molecule has 1 aromatic carbocycles. The second-order valence-corrected chi connectivity index (χ2v) is 5.70. The molecule has 0 aliphatic heterocycles. The molecule has 0 amide bonds. The van der Waals surface area contributed by atoms with Crippen molar-refractivity contribution in [3.05, 3.63) is 34.3 Å². The lowest BCUT2D eigenvalue weighted by Crippen LogP contribution is -2.25. The predicted molar refractivity (Wildman–Crippen MR) is 74.5 cm³/mol. The van der Waals surface area contributed by atoms with Crippen LogP contribution < -0.4 is 5.32 Å². The summed E-state index contributed by atoms with van der Waals surface area (Å²) in [6.45, 7) is 7.76. The normalized spacial score (nSPS) is 13.1. The van der Waals surface area contributed by atoms with E-state index in [0.29, 0.717) is 6.04 Å². The van der Waals surface area contributed by atoms with Gasteiger partial charge in [-0.1, -0.05) is 48.0 Å². The van der Waals surface area contributed by atoms with Gasteiger partial charge in [0.1, 0.15) is 0 Å². The molecule has 0 fully saturated rings. The third-order valence-electron chi connectivity index (χ3n) is 2.78. The number of benzene rings is 1. The van der Waals surface area contributed by atoms with Crippen molar-refractivity contribution in [1.82, 2.24) is 5.32 Å². The van der Waals surface area contributed by atoms with Crippen LogP contribution in [0.3, 0.4) is 0 Å². The molecule has 0 aliphatic carbocycles. The summed E-state index contributed by atoms with van der Waals surface area (Å²) < 4.78 is 1.19. The summed E-state index contributed by atoms with van der Waals surface area (Å²) in [5.74, 6) is 0.799. The Bertz CT molecular complexity index is 309. The molecule has 0 spiro atoms.